The molecular weight excluding hydrogens is 295 g/mol. The van der Waals surface area contributed by atoms with Crippen LogP contribution in [-0.4, -0.2) is 11.7 Å². The molecule has 3 rings (SSSR count). The lowest BCUT2D eigenvalue weighted by Gasteiger charge is -2.18. The van der Waals surface area contributed by atoms with E-state index >= 15 is 0 Å². The molecule has 1 aliphatic heterocycles. The Morgan fingerprint density at radius 3 is 2.50 bits per heavy atom. The van der Waals surface area contributed by atoms with Crippen molar-refractivity contribution in [3.8, 4) is 5.75 Å². The Kier molecular flexibility index (Phi) is 3.88. The minimum absolute atomic E-state index is 0.0462. The van der Waals surface area contributed by atoms with Crippen LogP contribution in [0.5, 0.6) is 5.75 Å². The lowest BCUT2D eigenvalue weighted by molar-refractivity contribution is 0.280. The standard InChI is InChI=1S/C16H14Cl2O2/c17-11-2-1-10-9-20-16-4-3-12(18)8-15(16)13(5-6-19)14(10)7-11/h1-4,7-8,13,19H,5-6,9H2. The Morgan fingerprint density at radius 2 is 1.75 bits per heavy atom. The van der Waals surface area contributed by atoms with Crippen LogP contribution in [0.1, 0.15) is 29.0 Å². The summed E-state index contributed by atoms with van der Waals surface area (Å²) in [6, 6.07) is 11.4. The van der Waals surface area contributed by atoms with Crippen LogP contribution in [0.3, 0.4) is 0 Å². The van der Waals surface area contributed by atoms with Crippen LogP contribution < -0.4 is 4.74 Å². The van der Waals surface area contributed by atoms with Crippen molar-refractivity contribution in [1.29, 1.82) is 0 Å². The first-order valence-electron chi connectivity index (χ1n) is 6.50. The number of rotatable bonds is 2. The molecule has 0 radical (unpaired) electrons. The summed E-state index contributed by atoms with van der Waals surface area (Å²) in [5, 5.41) is 10.8. The molecule has 104 valence electrons. The van der Waals surface area contributed by atoms with Gasteiger partial charge in [-0.05, 0) is 47.9 Å². The molecular formula is C16H14Cl2O2. The maximum absolute atomic E-state index is 9.39. The van der Waals surface area contributed by atoms with Crippen molar-refractivity contribution in [2.24, 2.45) is 0 Å². The van der Waals surface area contributed by atoms with Gasteiger partial charge < -0.3 is 9.84 Å². The Hall–Kier alpha value is -1.22. The van der Waals surface area contributed by atoms with Crippen LogP contribution in [0.15, 0.2) is 36.4 Å². The molecule has 1 N–H and O–H groups in total. The summed E-state index contributed by atoms with van der Waals surface area (Å²) < 4.78 is 5.86. The summed E-state index contributed by atoms with van der Waals surface area (Å²) in [6.07, 6.45) is 0.615. The van der Waals surface area contributed by atoms with Gasteiger partial charge in [-0.2, -0.15) is 0 Å². The molecule has 0 saturated carbocycles. The van der Waals surface area contributed by atoms with Gasteiger partial charge in [0.15, 0.2) is 0 Å². The fraction of sp³-hybridized carbons (Fsp3) is 0.250. The molecule has 2 aromatic carbocycles. The van der Waals surface area contributed by atoms with E-state index in [1.165, 1.54) is 0 Å². The molecule has 0 amide bonds. The highest BCUT2D eigenvalue weighted by molar-refractivity contribution is 6.31. The highest BCUT2D eigenvalue weighted by Crippen LogP contribution is 2.41. The molecule has 2 nitrogen and oxygen atoms in total. The van der Waals surface area contributed by atoms with E-state index in [1.807, 2.05) is 36.4 Å². The molecule has 0 aliphatic carbocycles. The predicted octanol–water partition coefficient (Wildman–Crippen LogP) is 4.40. The number of hydrogen-bond donors (Lipinski definition) is 1. The van der Waals surface area contributed by atoms with E-state index < -0.39 is 0 Å². The third-order valence-corrected chi connectivity index (χ3v) is 4.10. The molecule has 0 fully saturated rings. The fourth-order valence-electron chi connectivity index (χ4n) is 2.71. The number of hydrogen-bond acceptors (Lipinski definition) is 2. The third kappa shape index (κ3) is 2.51. The van der Waals surface area contributed by atoms with Gasteiger partial charge in [0.25, 0.3) is 0 Å². The normalized spacial score (nSPS) is 16.9. The second-order valence-corrected chi connectivity index (χ2v) is 5.75. The smallest absolute Gasteiger partial charge is 0.123 e. The predicted molar refractivity (Wildman–Crippen MR) is 80.8 cm³/mol. The Bertz CT molecular complexity index is 587. The molecule has 0 aromatic heterocycles. The van der Waals surface area contributed by atoms with Gasteiger partial charge in [-0.15, -0.1) is 0 Å². The molecule has 1 atom stereocenters. The second kappa shape index (κ2) is 5.65. The number of ether oxygens (including phenoxy) is 1. The van der Waals surface area contributed by atoms with Crippen LogP contribution in [0, 0.1) is 0 Å². The Morgan fingerprint density at radius 1 is 1.05 bits per heavy atom. The van der Waals surface area contributed by atoms with E-state index in [0.29, 0.717) is 23.1 Å². The lowest BCUT2D eigenvalue weighted by Crippen LogP contribution is -2.05. The first-order chi connectivity index (χ1) is 9.69. The molecule has 1 heterocycles. The molecule has 0 bridgehead atoms. The quantitative estimate of drug-likeness (QED) is 0.891. The van der Waals surface area contributed by atoms with Crippen molar-refractivity contribution in [1.82, 2.24) is 0 Å². The fourth-order valence-corrected chi connectivity index (χ4v) is 3.07. The van der Waals surface area contributed by atoms with Gasteiger partial charge in [-0.25, -0.2) is 0 Å². The average molecular weight is 309 g/mol. The summed E-state index contributed by atoms with van der Waals surface area (Å²) in [4.78, 5) is 0. The van der Waals surface area contributed by atoms with Crippen molar-refractivity contribution in [3.05, 3.63) is 63.1 Å². The number of halogens is 2. The average Bonchev–Trinajstić information content (AvgIpc) is 2.57. The topological polar surface area (TPSA) is 29.5 Å². The summed E-state index contributed by atoms with van der Waals surface area (Å²) >= 11 is 12.2. The molecule has 4 heteroatoms. The van der Waals surface area contributed by atoms with Crippen molar-refractivity contribution in [2.75, 3.05) is 6.61 Å². The molecule has 1 aliphatic rings. The summed E-state index contributed by atoms with van der Waals surface area (Å²) in [6.45, 7) is 0.603. The first kappa shape index (κ1) is 13.7. The number of fused-ring (bicyclic) bond motifs is 2. The zero-order chi connectivity index (χ0) is 14.1. The zero-order valence-corrected chi connectivity index (χ0v) is 12.3. The number of aliphatic hydroxyl groups excluding tert-OH is 1. The molecule has 1 unspecified atom stereocenters. The van der Waals surface area contributed by atoms with E-state index in [2.05, 4.69) is 0 Å². The third-order valence-electron chi connectivity index (χ3n) is 3.63. The molecule has 0 saturated heterocycles. The van der Waals surface area contributed by atoms with Crippen molar-refractivity contribution >= 4 is 23.2 Å². The zero-order valence-electron chi connectivity index (χ0n) is 10.8. The van der Waals surface area contributed by atoms with Crippen LogP contribution in [0.25, 0.3) is 0 Å². The molecule has 0 spiro atoms. The summed E-state index contributed by atoms with van der Waals surface area (Å²) in [5.41, 5.74) is 3.21. The molecule has 2 aromatic rings. The van der Waals surface area contributed by atoms with Gasteiger partial charge in [-0.3, -0.25) is 0 Å². The van der Waals surface area contributed by atoms with Crippen molar-refractivity contribution in [3.63, 3.8) is 0 Å². The largest absolute Gasteiger partial charge is 0.489 e. The van der Waals surface area contributed by atoms with Gasteiger partial charge in [0, 0.05) is 28.1 Å². The second-order valence-electron chi connectivity index (χ2n) is 4.88. The summed E-state index contributed by atoms with van der Waals surface area (Å²) in [7, 11) is 0. The highest BCUT2D eigenvalue weighted by Gasteiger charge is 2.24. The van der Waals surface area contributed by atoms with Gasteiger partial charge >= 0.3 is 0 Å². The van der Waals surface area contributed by atoms with E-state index in [-0.39, 0.29) is 12.5 Å². The number of benzene rings is 2. The van der Waals surface area contributed by atoms with Crippen LogP contribution >= 0.6 is 23.2 Å². The lowest BCUT2D eigenvalue weighted by atomic mass is 9.86. The maximum Gasteiger partial charge on any atom is 0.123 e. The van der Waals surface area contributed by atoms with Crippen LogP contribution in [0.4, 0.5) is 0 Å². The van der Waals surface area contributed by atoms with Gasteiger partial charge in [0.1, 0.15) is 12.4 Å². The van der Waals surface area contributed by atoms with Gasteiger partial charge in [0.05, 0.1) is 0 Å². The van der Waals surface area contributed by atoms with Crippen LogP contribution in [0.2, 0.25) is 10.0 Å². The Balaban J connectivity index is 2.18. The Labute approximate surface area is 127 Å². The number of aliphatic hydroxyl groups is 1. The molecule has 20 heavy (non-hydrogen) atoms. The van der Waals surface area contributed by atoms with E-state index in [4.69, 9.17) is 27.9 Å². The first-order valence-corrected chi connectivity index (χ1v) is 7.26. The van der Waals surface area contributed by atoms with Gasteiger partial charge in [0.2, 0.25) is 0 Å². The monoisotopic (exact) mass is 308 g/mol. The highest BCUT2D eigenvalue weighted by atomic mass is 35.5. The van der Waals surface area contributed by atoms with E-state index in [9.17, 15) is 5.11 Å². The minimum atomic E-state index is 0.0462. The van der Waals surface area contributed by atoms with E-state index in [1.54, 1.807) is 0 Å². The maximum atomic E-state index is 9.39. The van der Waals surface area contributed by atoms with E-state index in [0.717, 1.165) is 22.4 Å². The van der Waals surface area contributed by atoms with Crippen molar-refractivity contribution < 1.29 is 9.84 Å². The van der Waals surface area contributed by atoms with Crippen LogP contribution in [-0.2, 0) is 6.61 Å². The summed E-state index contributed by atoms with van der Waals surface area (Å²) in [5.74, 6) is 0.866. The van der Waals surface area contributed by atoms with Gasteiger partial charge in [-0.1, -0.05) is 29.3 Å². The SMILES string of the molecule is OCCC1c2cc(Cl)ccc2COc2ccc(Cl)cc21. The minimum Gasteiger partial charge on any atom is -0.489 e. The van der Waals surface area contributed by atoms with Crippen molar-refractivity contribution in [2.45, 2.75) is 18.9 Å².